The predicted molar refractivity (Wildman–Crippen MR) is 78.1 cm³/mol. The molecule has 5 heteroatoms. The Balaban J connectivity index is 2.18. The summed E-state index contributed by atoms with van der Waals surface area (Å²) < 4.78 is 11.2. The third kappa shape index (κ3) is 3.85. The molecule has 5 nitrogen and oxygen atoms in total. The molecular weight excluding hydrogens is 254 g/mol. The van der Waals surface area contributed by atoms with Crippen LogP contribution in [0.3, 0.4) is 0 Å². The second-order valence-electron chi connectivity index (χ2n) is 4.31. The fraction of sp³-hybridized carbons (Fsp3) is 0.333. The molecule has 0 aliphatic rings. The van der Waals surface area contributed by atoms with E-state index in [-0.39, 0.29) is 0 Å². The Morgan fingerprint density at radius 2 is 1.90 bits per heavy atom. The summed E-state index contributed by atoms with van der Waals surface area (Å²) in [6, 6.07) is 9.04. The van der Waals surface area contributed by atoms with Crippen molar-refractivity contribution in [1.29, 1.82) is 0 Å². The van der Waals surface area contributed by atoms with E-state index in [1.54, 1.807) is 6.07 Å². The lowest BCUT2D eigenvalue weighted by Gasteiger charge is -2.09. The fourth-order valence-corrected chi connectivity index (χ4v) is 1.79. The number of hydrogen-bond acceptors (Lipinski definition) is 5. The van der Waals surface area contributed by atoms with Gasteiger partial charge in [-0.1, -0.05) is 13.0 Å². The molecule has 1 heterocycles. The van der Waals surface area contributed by atoms with Crippen molar-refractivity contribution in [3.63, 3.8) is 0 Å². The molecule has 2 N–H and O–H groups in total. The number of aryl methyl sites for hydroxylation is 1. The lowest BCUT2D eigenvalue weighted by molar-refractivity contribution is 0.338. The molecule has 20 heavy (non-hydrogen) atoms. The van der Waals surface area contributed by atoms with E-state index in [1.165, 1.54) is 0 Å². The number of aromatic nitrogens is 2. The highest BCUT2D eigenvalue weighted by molar-refractivity contribution is 5.38. The number of rotatable bonds is 6. The number of nitrogens with zero attached hydrogens (tertiary/aromatic N) is 2. The average Bonchev–Trinajstić information content (AvgIpc) is 2.39. The molecule has 1 aromatic heterocycles. The molecule has 0 amide bonds. The third-order valence-corrected chi connectivity index (χ3v) is 2.58. The van der Waals surface area contributed by atoms with Crippen LogP contribution in [-0.4, -0.2) is 16.6 Å². The molecule has 0 saturated carbocycles. The van der Waals surface area contributed by atoms with Gasteiger partial charge in [-0.15, -0.1) is 0 Å². The molecule has 0 unspecified atom stereocenters. The van der Waals surface area contributed by atoms with Crippen LogP contribution in [-0.2, 0) is 6.42 Å². The third-order valence-electron chi connectivity index (χ3n) is 2.58. The average molecular weight is 273 g/mol. The molecule has 0 atom stereocenters. The first kappa shape index (κ1) is 14.1. The first-order chi connectivity index (χ1) is 9.71. The van der Waals surface area contributed by atoms with Gasteiger partial charge in [0.05, 0.1) is 6.61 Å². The summed E-state index contributed by atoms with van der Waals surface area (Å²) in [6.07, 6.45) is 1.74. The van der Waals surface area contributed by atoms with Gasteiger partial charge in [0.15, 0.2) is 0 Å². The van der Waals surface area contributed by atoms with E-state index in [0.717, 1.165) is 18.6 Å². The maximum Gasteiger partial charge on any atom is 0.224 e. The van der Waals surface area contributed by atoms with Gasteiger partial charge in [0.25, 0.3) is 0 Å². The summed E-state index contributed by atoms with van der Waals surface area (Å²) in [5.74, 6) is 3.00. The molecule has 0 radical (unpaired) electrons. The molecular formula is C15H19N3O2. The SMILES string of the molecule is CCCc1nc(N)cc(Oc2cccc(OCC)c2)n1. The van der Waals surface area contributed by atoms with Gasteiger partial charge >= 0.3 is 0 Å². The Labute approximate surface area is 118 Å². The molecule has 0 saturated heterocycles. The maximum absolute atomic E-state index is 5.77. The van der Waals surface area contributed by atoms with Gasteiger partial charge in [0.2, 0.25) is 5.88 Å². The Morgan fingerprint density at radius 3 is 2.65 bits per heavy atom. The number of nitrogens with two attached hydrogens (primary N) is 1. The second-order valence-corrected chi connectivity index (χ2v) is 4.31. The molecule has 0 fully saturated rings. The van der Waals surface area contributed by atoms with Gasteiger partial charge in [-0.2, -0.15) is 4.98 Å². The van der Waals surface area contributed by atoms with Crippen LogP contribution in [0.5, 0.6) is 17.4 Å². The van der Waals surface area contributed by atoms with E-state index in [4.69, 9.17) is 15.2 Å². The van der Waals surface area contributed by atoms with Crippen LogP contribution in [0.4, 0.5) is 5.82 Å². The zero-order valence-electron chi connectivity index (χ0n) is 11.8. The molecule has 106 valence electrons. The minimum Gasteiger partial charge on any atom is -0.494 e. The minimum absolute atomic E-state index is 0.416. The smallest absolute Gasteiger partial charge is 0.224 e. The van der Waals surface area contributed by atoms with Crippen LogP contribution in [0, 0.1) is 0 Å². The van der Waals surface area contributed by atoms with Crippen LogP contribution in [0.25, 0.3) is 0 Å². The van der Waals surface area contributed by atoms with Crippen molar-refractivity contribution in [3.05, 3.63) is 36.2 Å². The largest absolute Gasteiger partial charge is 0.494 e. The van der Waals surface area contributed by atoms with Crippen molar-refractivity contribution in [2.24, 2.45) is 0 Å². The van der Waals surface area contributed by atoms with Gasteiger partial charge in [-0.05, 0) is 25.5 Å². The van der Waals surface area contributed by atoms with Crippen LogP contribution in [0.1, 0.15) is 26.1 Å². The molecule has 2 aromatic rings. The number of anilines is 1. The van der Waals surface area contributed by atoms with Crippen LogP contribution >= 0.6 is 0 Å². The molecule has 2 rings (SSSR count). The summed E-state index contributed by atoms with van der Waals surface area (Å²) in [5.41, 5.74) is 5.77. The highest BCUT2D eigenvalue weighted by Crippen LogP contribution is 2.25. The molecule has 0 spiro atoms. The molecule has 0 bridgehead atoms. The second kappa shape index (κ2) is 6.75. The van der Waals surface area contributed by atoms with Gasteiger partial charge in [-0.25, -0.2) is 4.98 Å². The van der Waals surface area contributed by atoms with Crippen molar-refractivity contribution < 1.29 is 9.47 Å². The Morgan fingerprint density at radius 1 is 1.10 bits per heavy atom. The molecule has 0 aliphatic heterocycles. The van der Waals surface area contributed by atoms with Crippen LogP contribution in [0.15, 0.2) is 30.3 Å². The minimum atomic E-state index is 0.416. The summed E-state index contributed by atoms with van der Waals surface area (Å²) in [5, 5.41) is 0. The lowest BCUT2D eigenvalue weighted by Crippen LogP contribution is -2.01. The highest BCUT2D eigenvalue weighted by atomic mass is 16.5. The highest BCUT2D eigenvalue weighted by Gasteiger charge is 2.05. The topological polar surface area (TPSA) is 70.3 Å². The maximum atomic E-state index is 5.77. The normalized spacial score (nSPS) is 10.3. The summed E-state index contributed by atoms with van der Waals surface area (Å²) >= 11 is 0. The van der Waals surface area contributed by atoms with Crippen LogP contribution in [0.2, 0.25) is 0 Å². The number of hydrogen-bond donors (Lipinski definition) is 1. The summed E-state index contributed by atoms with van der Waals surface area (Å²) in [6.45, 7) is 4.62. The molecule has 1 aromatic carbocycles. The van der Waals surface area contributed by atoms with E-state index in [0.29, 0.717) is 29.9 Å². The fourth-order valence-electron chi connectivity index (χ4n) is 1.79. The number of benzene rings is 1. The van der Waals surface area contributed by atoms with E-state index in [2.05, 4.69) is 16.9 Å². The Hall–Kier alpha value is -2.30. The van der Waals surface area contributed by atoms with E-state index >= 15 is 0 Å². The van der Waals surface area contributed by atoms with Crippen molar-refractivity contribution in [2.45, 2.75) is 26.7 Å². The van der Waals surface area contributed by atoms with Crippen molar-refractivity contribution in [1.82, 2.24) is 9.97 Å². The lowest BCUT2D eigenvalue weighted by atomic mass is 10.3. The first-order valence-electron chi connectivity index (χ1n) is 6.75. The summed E-state index contributed by atoms with van der Waals surface area (Å²) in [7, 11) is 0. The standard InChI is InChI=1S/C15H19N3O2/c1-3-6-14-17-13(16)10-15(18-14)20-12-8-5-7-11(9-12)19-4-2/h5,7-10H,3-4,6H2,1-2H3,(H2,16,17,18). The Kier molecular flexibility index (Phi) is 4.76. The van der Waals surface area contributed by atoms with E-state index in [1.807, 2.05) is 31.2 Å². The Bertz CT molecular complexity index is 573. The van der Waals surface area contributed by atoms with E-state index < -0.39 is 0 Å². The number of nitrogen functional groups attached to an aromatic ring is 1. The van der Waals surface area contributed by atoms with E-state index in [9.17, 15) is 0 Å². The monoisotopic (exact) mass is 273 g/mol. The quantitative estimate of drug-likeness (QED) is 0.875. The van der Waals surface area contributed by atoms with Gasteiger partial charge in [-0.3, -0.25) is 0 Å². The zero-order valence-corrected chi connectivity index (χ0v) is 11.8. The van der Waals surface area contributed by atoms with Crippen LogP contribution < -0.4 is 15.2 Å². The molecule has 0 aliphatic carbocycles. The van der Waals surface area contributed by atoms with Crippen molar-refractivity contribution in [3.8, 4) is 17.4 Å². The predicted octanol–water partition coefficient (Wildman–Crippen LogP) is 3.20. The summed E-state index contributed by atoms with van der Waals surface area (Å²) in [4.78, 5) is 8.51. The van der Waals surface area contributed by atoms with Crippen molar-refractivity contribution in [2.75, 3.05) is 12.3 Å². The first-order valence-corrected chi connectivity index (χ1v) is 6.75. The zero-order chi connectivity index (χ0) is 14.4. The van der Waals surface area contributed by atoms with Crippen molar-refractivity contribution >= 4 is 5.82 Å². The van der Waals surface area contributed by atoms with Gasteiger partial charge < -0.3 is 15.2 Å². The van der Waals surface area contributed by atoms with Gasteiger partial charge in [0.1, 0.15) is 23.1 Å². The van der Waals surface area contributed by atoms with Gasteiger partial charge in [0, 0.05) is 18.6 Å². The number of ether oxygens (including phenoxy) is 2.